The first-order chi connectivity index (χ1) is 7.92. The summed E-state index contributed by atoms with van der Waals surface area (Å²) in [6.45, 7) is 0.789. The van der Waals surface area contributed by atoms with Crippen LogP contribution in [0.5, 0.6) is 0 Å². The van der Waals surface area contributed by atoms with Crippen molar-refractivity contribution in [3.8, 4) is 11.8 Å². The van der Waals surface area contributed by atoms with Crippen molar-refractivity contribution in [3.05, 3.63) is 35.9 Å². The highest BCUT2D eigenvalue weighted by Gasteiger charge is 2.39. The van der Waals surface area contributed by atoms with Crippen LogP contribution in [0.4, 0.5) is 0 Å². The van der Waals surface area contributed by atoms with Crippen LogP contribution in [0.1, 0.15) is 11.7 Å². The Bertz CT molecular complexity index is 377. The van der Waals surface area contributed by atoms with Gasteiger partial charge in [-0.2, -0.15) is 0 Å². The van der Waals surface area contributed by atoms with Crippen molar-refractivity contribution in [1.29, 1.82) is 0 Å². The predicted octanol–water partition coefficient (Wildman–Crippen LogP) is 1.14. The van der Waals surface area contributed by atoms with Gasteiger partial charge in [0.05, 0.1) is 6.61 Å². The summed E-state index contributed by atoms with van der Waals surface area (Å²) in [7, 11) is 0. The zero-order valence-electron chi connectivity index (χ0n) is 8.93. The van der Waals surface area contributed by atoms with Gasteiger partial charge < -0.3 is 14.6 Å². The van der Waals surface area contributed by atoms with Gasteiger partial charge in [0.2, 0.25) is 0 Å². The Labute approximate surface area is 95.0 Å². The van der Waals surface area contributed by atoms with Crippen molar-refractivity contribution in [2.45, 2.75) is 12.2 Å². The molecule has 1 aliphatic heterocycles. The van der Waals surface area contributed by atoms with Gasteiger partial charge >= 0.3 is 0 Å². The van der Waals surface area contributed by atoms with Crippen LogP contribution in [-0.4, -0.2) is 31.0 Å². The fourth-order valence-electron chi connectivity index (χ4n) is 1.54. The Morgan fingerprint density at radius 3 is 2.81 bits per heavy atom. The number of rotatable bonds is 4. The molecule has 3 heteroatoms. The van der Waals surface area contributed by atoms with E-state index in [1.54, 1.807) is 0 Å². The van der Waals surface area contributed by atoms with Gasteiger partial charge in [-0.3, -0.25) is 0 Å². The third-order valence-corrected chi connectivity index (χ3v) is 2.37. The molecule has 2 atom stereocenters. The summed E-state index contributed by atoms with van der Waals surface area (Å²) in [4.78, 5) is 0. The molecule has 1 heterocycles. The van der Waals surface area contributed by atoms with Crippen molar-refractivity contribution < 1.29 is 14.6 Å². The zero-order chi connectivity index (χ0) is 11.2. The number of benzene rings is 1. The minimum absolute atomic E-state index is 0.115. The molecule has 84 valence electrons. The maximum atomic E-state index is 8.42. The second-order valence-electron chi connectivity index (χ2n) is 3.53. The maximum Gasteiger partial charge on any atom is 0.112 e. The number of ether oxygens (including phenoxy) is 2. The average molecular weight is 218 g/mol. The van der Waals surface area contributed by atoms with Gasteiger partial charge in [0.1, 0.15) is 25.4 Å². The van der Waals surface area contributed by atoms with E-state index in [9.17, 15) is 0 Å². The molecule has 2 rings (SSSR count). The summed E-state index contributed by atoms with van der Waals surface area (Å²) >= 11 is 0. The van der Waals surface area contributed by atoms with Gasteiger partial charge in [0.15, 0.2) is 0 Å². The number of aliphatic hydroxyl groups is 1. The Balaban J connectivity index is 1.68. The molecule has 0 unspecified atom stereocenters. The number of hydrogen-bond donors (Lipinski definition) is 1. The van der Waals surface area contributed by atoms with E-state index in [0.29, 0.717) is 13.2 Å². The molecule has 0 aromatic heterocycles. The van der Waals surface area contributed by atoms with Crippen LogP contribution in [0.3, 0.4) is 0 Å². The van der Waals surface area contributed by atoms with Gasteiger partial charge in [0, 0.05) is 0 Å². The van der Waals surface area contributed by atoms with E-state index < -0.39 is 0 Å². The normalized spacial score (nSPS) is 22.3. The molecule has 0 bridgehead atoms. The molecule has 1 N–H and O–H groups in total. The lowest BCUT2D eigenvalue weighted by Gasteiger charge is -1.96. The van der Waals surface area contributed by atoms with Crippen LogP contribution in [0.2, 0.25) is 0 Å². The number of hydrogen-bond acceptors (Lipinski definition) is 3. The fraction of sp³-hybridized carbons (Fsp3) is 0.385. The molecule has 1 aromatic carbocycles. The second-order valence-corrected chi connectivity index (χ2v) is 3.53. The molecule has 0 amide bonds. The van der Waals surface area contributed by atoms with Crippen LogP contribution < -0.4 is 0 Å². The molecule has 0 aliphatic carbocycles. The fourth-order valence-corrected chi connectivity index (χ4v) is 1.54. The van der Waals surface area contributed by atoms with Gasteiger partial charge in [-0.15, -0.1) is 0 Å². The smallest absolute Gasteiger partial charge is 0.112 e. The molecule has 0 spiro atoms. The van der Waals surface area contributed by atoms with E-state index in [-0.39, 0.29) is 18.8 Å². The monoisotopic (exact) mass is 218 g/mol. The van der Waals surface area contributed by atoms with E-state index >= 15 is 0 Å². The highest BCUT2D eigenvalue weighted by Crippen LogP contribution is 2.38. The quantitative estimate of drug-likeness (QED) is 0.468. The van der Waals surface area contributed by atoms with E-state index in [2.05, 4.69) is 24.0 Å². The van der Waals surface area contributed by atoms with Crippen LogP contribution >= 0.6 is 0 Å². The lowest BCUT2D eigenvalue weighted by molar-refractivity contribution is 0.144. The molecule has 1 fully saturated rings. The first-order valence-corrected chi connectivity index (χ1v) is 5.26. The Morgan fingerprint density at radius 1 is 1.25 bits per heavy atom. The molecular weight excluding hydrogens is 204 g/mol. The summed E-state index contributed by atoms with van der Waals surface area (Å²) in [6.07, 6.45) is 0.324. The van der Waals surface area contributed by atoms with Crippen LogP contribution in [0.25, 0.3) is 0 Å². The van der Waals surface area contributed by atoms with E-state index in [4.69, 9.17) is 14.6 Å². The summed E-state index contributed by atoms with van der Waals surface area (Å²) in [5, 5.41) is 8.42. The van der Waals surface area contributed by atoms with Crippen molar-refractivity contribution in [3.63, 3.8) is 0 Å². The number of aliphatic hydroxyl groups excluding tert-OH is 1. The zero-order valence-corrected chi connectivity index (χ0v) is 8.93. The molecule has 1 saturated heterocycles. The molecular formula is C13H14O3. The molecule has 0 radical (unpaired) electrons. The van der Waals surface area contributed by atoms with Crippen molar-refractivity contribution in [1.82, 2.24) is 0 Å². The van der Waals surface area contributed by atoms with E-state index in [1.807, 2.05) is 18.2 Å². The Hall–Kier alpha value is -1.34. The minimum Gasteiger partial charge on any atom is -0.384 e. The lowest BCUT2D eigenvalue weighted by Crippen LogP contribution is -2.02. The highest BCUT2D eigenvalue weighted by molar-refractivity contribution is 5.22. The molecule has 0 saturated carbocycles. The largest absolute Gasteiger partial charge is 0.384 e. The molecule has 1 aliphatic rings. The molecule has 3 nitrogen and oxygen atoms in total. The highest BCUT2D eigenvalue weighted by atomic mass is 16.6. The topological polar surface area (TPSA) is 42.0 Å². The molecule has 16 heavy (non-hydrogen) atoms. The van der Waals surface area contributed by atoms with Crippen molar-refractivity contribution >= 4 is 0 Å². The molecule has 1 aromatic rings. The third-order valence-electron chi connectivity index (χ3n) is 2.37. The van der Waals surface area contributed by atoms with Gasteiger partial charge in [-0.25, -0.2) is 0 Å². The Morgan fingerprint density at radius 2 is 2.06 bits per heavy atom. The maximum absolute atomic E-state index is 8.42. The first kappa shape index (κ1) is 11.2. The van der Waals surface area contributed by atoms with Crippen LogP contribution in [0.15, 0.2) is 30.3 Å². The SMILES string of the molecule is OCC#CCOC[C@H]1O[C@@H]1c1ccccc1. The Kier molecular flexibility index (Phi) is 3.95. The summed E-state index contributed by atoms with van der Waals surface area (Å²) in [6, 6.07) is 10.1. The second kappa shape index (κ2) is 5.66. The van der Waals surface area contributed by atoms with Gasteiger partial charge in [-0.1, -0.05) is 42.2 Å². The van der Waals surface area contributed by atoms with Crippen molar-refractivity contribution in [2.24, 2.45) is 0 Å². The average Bonchev–Trinajstić information content (AvgIpc) is 3.10. The van der Waals surface area contributed by atoms with E-state index in [1.165, 1.54) is 5.56 Å². The summed E-state index contributed by atoms with van der Waals surface area (Å²) < 4.78 is 10.8. The van der Waals surface area contributed by atoms with Crippen LogP contribution in [-0.2, 0) is 9.47 Å². The number of epoxide rings is 1. The summed E-state index contributed by atoms with van der Waals surface area (Å²) in [5.41, 5.74) is 1.19. The third kappa shape index (κ3) is 3.07. The standard InChI is InChI=1S/C13H14O3/c14-8-4-5-9-15-10-12-13(16-12)11-6-2-1-3-7-11/h1-3,6-7,12-14H,8-10H2/t12-,13-/m1/s1. The summed E-state index contributed by atoms with van der Waals surface area (Å²) in [5.74, 6) is 5.22. The van der Waals surface area contributed by atoms with Crippen molar-refractivity contribution in [2.75, 3.05) is 19.8 Å². The van der Waals surface area contributed by atoms with Gasteiger partial charge in [-0.05, 0) is 5.56 Å². The lowest BCUT2D eigenvalue weighted by atomic mass is 10.1. The van der Waals surface area contributed by atoms with E-state index in [0.717, 1.165) is 0 Å². The minimum atomic E-state index is -0.115. The van der Waals surface area contributed by atoms with Crippen LogP contribution in [0, 0.1) is 11.8 Å². The predicted molar refractivity (Wildman–Crippen MR) is 59.7 cm³/mol. The van der Waals surface area contributed by atoms with Gasteiger partial charge in [0.25, 0.3) is 0 Å². The first-order valence-electron chi connectivity index (χ1n) is 5.26.